The molecule has 3 N–H and O–H groups in total. The number of hydrogen-bond acceptors (Lipinski definition) is 7. The van der Waals surface area contributed by atoms with Gasteiger partial charge in [0.2, 0.25) is 5.95 Å². The second-order valence-corrected chi connectivity index (χ2v) is 6.97. The van der Waals surface area contributed by atoms with Gasteiger partial charge in [0.25, 0.3) is 11.5 Å². The molecule has 0 aromatic carbocycles. The zero-order valence-electron chi connectivity index (χ0n) is 15.0. The molecule has 0 saturated heterocycles. The number of hydrogen-bond donors (Lipinski definition) is 2. The lowest BCUT2D eigenvalue weighted by Crippen LogP contribution is -2.30. The molecule has 0 unspecified atom stereocenters. The van der Waals surface area contributed by atoms with Crippen LogP contribution in [0.5, 0.6) is 0 Å². The van der Waals surface area contributed by atoms with Crippen molar-refractivity contribution in [3.05, 3.63) is 75.1 Å². The Hall–Kier alpha value is -3.07. The molecular weight excluding hydrogens is 424 g/mol. The van der Waals surface area contributed by atoms with Gasteiger partial charge < -0.3 is 11.1 Å². The number of halogens is 1. The van der Waals surface area contributed by atoms with Gasteiger partial charge in [0.15, 0.2) is 0 Å². The van der Waals surface area contributed by atoms with E-state index in [4.69, 9.17) is 5.73 Å². The molecule has 3 aromatic heterocycles. The van der Waals surface area contributed by atoms with Gasteiger partial charge in [0.05, 0.1) is 11.4 Å². The van der Waals surface area contributed by atoms with Gasteiger partial charge in [-0.2, -0.15) is 0 Å². The SMILES string of the molecule is Nc1cc(Br)cnc1CCCCNc1nccc(=O)n1C(=O)c1ccncc1. The van der Waals surface area contributed by atoms with E-state index in [9.17, 15) is 9.59 Å². The summed E-state index contributed by atoms with van der Waals surface area (Å²) in [6, 6.07) is 6.20. The summed E-state index contributed by atoms with van der Waals surface area (Å²) in [7, 11) is 0. The molecule has 0 radical (unpaired) electrons. The van der Waals surface area contributed by atoms with Crippen LogP contribution in [0.15, 0.2) is 58.3 Å². The molecule has 3 heterocycles. The average Bonchev–Trinajstić information content (AvgIpc) is 2.69. The molecule has 0 saturated carbocycles. The standard InChI is InChI=1S/C19H19BrN6O2/c20-14-11-15(21)16(25-12-14)3-1-2-7-23-19-24-10-6-17(27)26(19)18(28)13-4-8-22-9-5-13/h4-6,8-12H,1-3,7,21H2,(H,23,24). The summed E-state index contributed by atoms with van der Waals surface area (Å²) in [5.41, 5.74) is 7.39. The first-order chi connectivity index (χ1) is 13.6. The summed E-state index contributed by atoms with van der Waals surface area (Å²) in [5, 5.41) is 3.07. The fourth-order valence-corrected chi connectivity index (χ4v) is 3.01. The Bertz CT molecular complexity index is 1020. The number of carbonyl (C=O) groups excluding carboxylic acids is 1. The minimum atomic E-state index is -0.449. The van der Waals surface area contributed by atoms with Gasteiger partial charge in [-0.1, -0.05) is 0 Å². The Morgan fingerprint density at radius 3 is 2.68 bits per heavy atom. The number of carbonyl (C=O) groups is 1. The van der Waals surface area contributed by atoms with Crippen LogP contribution >= 0.6 is 15.9 Å². The maximum atomic E-state index is 12.7. The topological polar surface area (TPSA) is 116 Å². The molecule has 9 heteroatoms. The highest BCUT2D eigenvalue weighted by molar-refractivity contribution is 9.10. The monoisotopic (exact) mass is 442 g/mol. The third-order valence-corrected chi connectivity index (χ3v) is 4.50. The minimum absolute atomic E-state index is 0.218. The van der Waals surface area contributed by atoms with Crippen LogP contribution in [0, 0.1) is 0 Å². The lowest BCUT2D eigenvalue weighted by molar-refractivity contribution is 0.0957. The summed E-state index contributed by atoms with van der Waals surface area (Å²) in [4.78, 5) is 37.2. The molecule has 144 valence electrons. The normalized spacial score (nSPS) is 10.6. The highest BCUT2D eigenvalue weighted by Crippen LogP contribution is 2.17. The predicted molar refractivity (Wildman–Crippen MR) is 110 cm³/mol. The van der Waals surface area contributed by atoms with Gasteiger partial charge in [0.1, 0.15) is 0 Å². The van der Waals surface area contributed by atoms with Gasteiger partial charge in [-0.15, -0.1) is 0 Å². The number of rotatable bonds is 7. The maximum Gasteiger partial charge on any atom is 0.267 e. The molecule has 0 amide bonds. The van der Waals surface area contributed by atoms with Crippen molar-refractivity contribution in [3.63, 3.8) is 0 Å². The number of nitrogen functional groups attached to an aromatic ring is 1. The third-order valence-electron chi connectivity index (χ3n) is 4.07. The van der Waals surface area contributed by atoms with E-state index in [0.717, 1.165) is 34.0 Å². The summed E-state index contributed by atoms with van der Waals surface area (Å²) in [5.74, 6) is -0.231. The number of nitrogens with two attached hydrogens (primary N) is 1. The first-order valence-electron chi connectivity index (χ1n) is 8.73. The maximum absolute atomic E-state index is 12.7. The fourth-order valence-electron chi connectivity index (χ4n) is 2.66. The van der Waals surface area contributed by atoms with Crippen molar-refractivity contribution in [1.29, 1.82) is 0 Å². The van der Waals surface area contributed by atoms with Crippen LogP contribution in [0.2, 0.25) is 0 Å². The number of nitrogens with one attached hydrogen (secondary N) is 1. The predicted octanol–water partition coefficient (Wildman–Crippen LogP) is 2.50. The highest BCUT2D eigenvalue weighted by atomic mass is 79.9. The second kappa shape index (κ2) is 9.23. The number of anilines is 2. The van der Waals surface area contributed by atoms with Crippen molar-refractivity contribution < 1.29 is 4.79 Å². The molecule has 0 aliphatic heterocycles. The summed E-state index contributed by atoms with van der Waals surface area (Å²) >= 11 is 3.34. The van der Waals surface area contributed by atoms with Crippen LogP contribution in [0.1, 0.15) is 28.9 Å². The molecule has 0 aliphatic rings. The fraction of sp³-hybridized carbons (Fsp3) is 0.211. The lowest BCUT2D eigenvalue weighted by Gasteiger charge is -2.12. The Morgan fingerprint density at radius 2 is 1.93 bits per heavy atom. The number of aryl methyl sites for hydroxylation is 1. The van der Waals surface area contributed by atoms with E-state index in [2.05, 4.69) is 36.2 Å². The van der Waals surface area contributed by atoms with Crippen LogP contribution in [0.25, 0.3) is 0 Å². The molecule has 3 rings (SSSR count). The van der Waals surface area contributed by atoms with E-state index in [1.165, 1.54) is 24.7 Å². The molecule has 0 aliphatic carbocycles. The molecular formula is C19H19BrN6O2. The van der Waals surface area contributed by atoms with E-state index < -0.39 is 11.5 Å². The van der Waals surface area contributed by atoms with Gasteiger partial charge in [-0.05, 0) is 53.4 Å². The Labute approximate surface area is 170 Å². The van der Waals surface area contributed by atoms with E-state index in [-0.39, 0.29) is 5.95 Å². The Balaban J connectivity index is 1.61. The Kier molecular flexibility index (Phi) is 6.49. The summed E-state index contributed by atoms with van der Waals surface area (Å²) in [6.07, 6.45) is 8.50. The largest absolute Gasteiger partial charge is 0.397 e. The van der Waals surface area contributed by atoms with Crippen molar-refractivity contribution >= 4 is 33.5 Å². The van der Waals surface area contributed by atoms with E-state index in [0.29, 0.717) is 17.8 Å². The Morgan fingerprint density at radius 1 is 1.14 bits per heavy atom. The van der Waals surface area contributed by atoms with E-state index in [1.807, 2.05) is 6.07 Å². The number of pyridine rings is 2. The van der Waals surface area contributed by atoms with E-state index in [1.54, 1.807) is 18.3 Å². The molecule has 0 bridgehead atoms. The zero-order valence-corrected chi connectivity index (χ0v) is 16.6. The number of nitrogens with zero attached hydrogens (tertiary/aromatic N) is 4. The minimum Gasteiger partial charge on any atom is -0.397 e. The summed E-state index contributed by atoms with van der Waals surface area (Å²) < 4.78 is 1.88. The van der Waals surface area contributed by atoms with Crippen molar-refractivity contribution in [2.75, 3.05) is 17.6 Å². The molecule has 0 fully saturated rings. The quantitative estimate of drug-likeness (QED) is 0.539. The molecule has 0 atom stereocenters. The molecule has 8 nitrogen and oxygen atoms in total. The van der Waals surface area contributed by atoms with E-state index >= 15 is 0 Å². The third kappa shape index (κ3) is 4.80. The zero-order chi connectivity index (χ0) is 19.9. The van der Waals surface area contributed by atoms with Gasteiger partial charge in [0, 0.05) is 47.4 Å². The van der Waals surface area contributed by atoms with Gasteiger partial charge >= 0.3 is 0 Å². The van der Waals surface area contributed by atoms with Crippen molar-refractivity contribution in [2.45, 2.75) is 19.3 Å². The molecule has 28 heavy (non-hydrogen) atoms. The van der Waals surface area contributed by atoms with Crippen molar-refractivity contribution in [3.8, 4) is 0 Å². The van der Waals surface area contributed by atoms with Crippen LogP contribution in [-0.4, -0.2) is 32.0 Å². The van der Waals surface area contributed by atoms with Crippen molar-refractivity contribution in [2.24, 2.45) is 0 Å². The smallest absolute Gasteiger partial charge is 0.267 e. The van der Waals surface area contributed by atoms with Gasteiger partial charge in [-0.25, -0.2) is 9.55 Å². The van der Waals surface area contributed by atoms with Gasteiger partial charge in [-0.3, -0.25) is 19.6 Å². The number of unbranched alkanes of at least 4 members (excludes halogenated alkanes) is 1. The van der Waals surface area contributed by atoms with Crippen LogP contribution < -0.4 is 16.6 Å². The first kappa shape index (κ1) is 19.7. The lowest BCUT2D eigenvalue weighted by atomic mass is 10.1. The van der Waals surface area contributed by atoms with Crippen LogP contribution in [0.3, 0.4) is 0 Å². The average molecular weight is 443 g/mol. The molecule has 3 aromatic rings. The number of aromatic nitrogens is 4. The van der Waals surface area contributed by atoms with Crippen molar-refractivity contribution in [1.82, 2.24) is 19.5 Å². The first-order valence-corrected chi connectivity index (χ1v) is 9.52. The second-order valence-electron chi connectivity index (χ2n) is 6.06. The van der Waals surface area contributed by atoms with Crippen LogP contribution in [-0.2, 0) is 6.42 Å². The summed E-state index contributed by atoms with van der Waals surface area (Å²) in [6.45, 7) is 0.552. The molecule has 0 spiro atoms. The highest BCUT2D eigenvalue weighted by Gasteiger charge is 2.15. The van der Waals surface area contributed by atoms with Crippen LogP contribution in [0.4, 0.5) is 11.6 Å².